The van der Waals surface area contributed by atoms with Crippen LogP contribution in [0.1, 0.15) is 22.8 Å². The van der Waals surface area contributed by atoms with Gasteiger partial charge in [0.2, 0.25) is 5.83 Å². The molecule has 10 heteroatoms. The third kappa shape index (κ3) is 7.69. The maximum absolute atomic E-state index is 12.7. The second-order valence-electron chi connectivity index (χ2n) is 9.01. The van der Waals surface area contributed by atoms with E-state index >= 15 is 0 Å². The van der Waals surface area contributed by atoms with Crippen molar-refractivity contribution in [2.75, 3.05) is 26.4 Å². The average molecular weight is 574 g/mol. The molecule has 4 rings (SSSR count). The van der Waals surface area contributed by atoms with E-state index in [1.54, 1.807) is 36.4 Å². The van der Waals surface area contributed by atoms with Crippen LogP contribution < -0.4 is 14.2 Å². The molecule has 42 heavy (non-hydrogen) atoms. The minimum absolute atomic E-state index is 0.0149. The first-order chi connectivity index (χ1) is 20.2. The molecule has 1 aliphatic heterocycles. The maximum atomic E-state index is 12.7. The number of esters is 2. The molecule has 2 amide bonds. The van der Waals surface area contributed by atoms with Gasteiger partial charge in [-0.1, -0.05) is 31.7 Å². The van der Waals surface area contributed by atoms with Crippen LogP contribution in [-0.4, -0.2) is 55.0 Å². The summed E-state index contributed by atoms with van der Waals surface area (Å²) in [6.07, 6.45) is 3.23. The Balaban J connectivity index is 1.30. The van der Waals surface area contributed by atoms with E-state index in [9.17, 15) is 23.6 Å². The topological polar surface area (TPSA) is 108 Å². The van der Waals surface area contributed by atoms with Crippen molar-refractivity contribution in [2.45, 2.75) is 13.3 Å². The van der Waals surface area contributed by atoms with Crippen LogP contribution in [-0.2, 0) is 25.5 Å². The summed E-state index contributed by atoms with van der Waals surface area (Å²) in [5.74, 6) is -2.13. The van der Waals surface area contributed by atoms with Crippen LogP contribution in [0.5, 0.6) is 17.2 Å². The standard InChI is InChI=1S/C32H28FNO8/c1-3-22-20-27(39-17-16-34-29(35)14-15-30(34)36)12-13-28(22)23-4-6-24(7-5-23)32(38)42-26-10-8-25(9-11-26)40-18-19-41-31(37)21(2)33/h4-15,20H,2-3,16-19H2,1H3. The van der Waals surface area contributed by atoms with Crippen LogP contribution in [0.15, 0.2) is 91.3 Å². The van der Waals surface area contributed by atoms with Crippen molar-refractivity contribution in [1.82, 2.24) is 4.90 Å². The van der Waals surface area contributed by atoms with Crippen LogP contribution >= 0.6 is 0 Å². The van der Waals surface area contributed by atoms with Gasteiger partial charge in [-0.25, -0.2) is 9.59 Å². The van der Waals surface area contributed by atoms with Crippen LogP contribution in [0.25, 0.3) is 11.1 Å². The van der Waals surface area contributed by atoms with Crippen molar-refractivity contribution in [1.29, 1.82) is 0 Å². The highest BCUT2D eigenvalue weighted by molar-refractivity contribution is 6.12. The second-order valence-corrected chi connectivity index (χ2v) is 9.01. The van der Waals surface area contributed by atoms with Gasteiger partial charge in [-0.2, -0.15) is 4.39 Å². The first-order valence-electron chi connectivity index (χ1n) is 13.1. The van der Waals surface area contributed by atoms with Crippen LogP contribution in [0.3, 0.4) is 0 Å². The SMILES string of the molecule is C=C(F)C(=O)OCCOc1ccc(OC(=O)c2ccc(-c3ccc(OCCN4C(=O)C=CC4=O)cc3CC)cc2)cc1. The third-order valence-corrected chi connectivity index (χ3v) is 6.21. The number of rotatable bonds is 13. The number of carbonyl (C=O) groups excluding carboxylic acids is 4. The maximum Gasteiger partial charge on any atom is 0.366 e. The molecule has 0 fully saturated rings. The second kappa shape index (κ2) is 13.9. The molecule has 216 valence electrons. The van der Waals surface area contributed by atoms with E-state index in [0.29, 0.717) is 22.8 Å². The predicted octanol–water partition coefficient (Wildman–Crippen LogP) is 4.84. The molecule has 3 aromatic rings. The molecular weight excluding hydrogens is 545 g/mol. The van der Waals surface area contributed by atoms with Crippen molar-refractivity contribution in [3.63, 3.8) is 0 Å². The van der Waals surface area contributed by atoms with Gasteiger partial charge in [0.05, 0.1) is 12.1 Å². The summed E-state index contributed by atoms with van der Waals surface area (Å²) < 4.78 is 33.8. The van der Waals surface area contributed by atoms with Gasteiger partial charge in [0.15, 0.2) is 0 Å². The number of benzene rings is 3. The van der Waals surface area contributed by atoms with Gasteiger partial charge in [-0.15, -0.1) is 0 Å². The minimum atomic E-state index is -1.18. The number of amides is 2. The lowest BCUT2D eigenvalue weighted by Crippen LogP contribution is -2.33. The molecule has 3 aromatic carbocycles. The zero-order valence-electron chi connectivity index (χ0n) is 22.8. The summed E-state index contributed by atoms with van der Waals surface area (Å²) in [6, 6.07) is 19.0. The molecule has 0 aromatic heterocycles. The summed E-state index contributed by atoms with van der Waals surface area (Å²) in [5.41, 5.74) is 3.30. The van der Waals surface area contributed by atoms with Crippen molar-refractivity contribution in [3.8, 4) is 28.4 Å². The van der Waals surface area contributed by atoms with E-state index in [2.05, 4.69) is 11.3 Å². The Labute approximate surface area is 241 Å². The molecule has 1 aliphatic rings. The lowest BCUT2D eigenvalue weighted by Gasteiger charge is -2.16. The monoisotopic (exact) mass is 573 g/mol. The average Bonchev–Trinajstić information content (AvgIpc) is 3.32. The molecule has 0 saturated carbocycles. The molecule has 0 N–H and O–H groups in total. The fraction of sp³-hybridized carbons (Fsp3) is 0.188. The smallest absolute Gasteiger partial charge is 0.366 e. The molecule has 0 atom stereocenters. The number of hydrogen-bond acceptors (Lipinski definition) is 8. The Morgan fingerprint density at radius 2 is 1.43 bits per heavy atom. The molecule has 0 saturated heterocycles. The van der Waals surface area contributed by atoms with Crippen LogP contribution in [0.4, 0.5) is 4.39 Å². The quantitative estimate of drug-likeness (QED) is 0.0940. The molecule has 0 radical (unpaired) electrons. The van der Waals surface area contributed by atoms with E-state index in [4.69, 9.17) is 14.2 Å². The number of halogens is 1. The highest BCUT2D eigenvalue weighted by atomic mass is 19.1. The Hall–Kier alpha value is -5.25. The van der Waals surface area contributed by atoms with Crippen molar-refractivity contribution >= 4 is 23.8 Å². The summed E-state index contributed by atoms with van der Waals surface area (Å²) in [5, 5.41) is 0. The van der Waals surface area contributed by atoms with Gasteiger partial charge in [0.1, 0.15) is 37.1 Å². The number of imide groups is 1. The highest BCUT2D eigenvalue weighted by Gasteiger charge is 2.22. The molecule has 0 aliphatic carbocycles. The van der Waals surface area contributed by atoms with Gasteiger partial charge in [0, 0.05) is 12.2 Å². The summed E-state index contributed by atoms with van der Waals surface area (Å²) in [4.78, 5) is 48.2. The normalized spacial score (nSPS) is 12.3. The van der Waals surface area contributed by atoms with Crippen molar-refractivity contribution in [3.05, 3.63) is 102 Å². The molecule has 9 nitrogen and oxygen atoms in total. The Kier molecular flexibility index (Phi) is 9.83. The van der Waals surface area contributed by atoms with Crippen molar-refractivity contribution < 1.29 is 42.5 Å². The van der Waals surface area contributed by atoms with Gasteiger partial charge in [-0.05, 0) is 71.6 Å². The fourth-order valence-electron chi connectivity index (χ4n) is 4.07. The van der Waals surface area contributed by atoms with Crippen molar-refractivity contribution in [2.24, 2.45) is 0 Å². The molecule has 0 unspecified atom stereocenters. The summed E-state index contributed by atoms with van der Waals surface area (Å²) in [6.45, 7) is 5.10. The van der Waals surface area contributed by atoms with Crippen LogP contribution in [0, 0.1) is 0 Å². The fourth-order valence-corrected chi connectivity index (χ4v) is 4.07. The van der Waals surface area contributed by atoms with Gasteiger partial charge >= 0.3 is 11.9 Å². The number of carbonyl (C=O) groups is 4. The number of nitrogens with zero attached hydrogens (tertiary/aromatic N) is 1. The van der Waals surface area contributed by atoms with E-state index in [1.165, 1.54) is 12.2 Å². The number of hydrogen-bond donors (Lipinski definition) is 0. The molecule has 0 spiro atoms. The molecule has 0 bridgehead atoms. The third-order valence-electron chi connectivity index (χ3n) is 6.21. The summed E-state index contributed by atoms with van der Waals surface area (Å²) >= 11 is 0. The van der Waals surface area contributed by atoms with Crippen LogP contribution in [0.2, 0.25) is 0 Å². The lowest BCUT2D eigenvalue weighted by atomic mass is 9.97. The minimum Gasteiger partial charge on any atom is -0.492 e. The van der Waals surface area contributed by atoms with E-state index in [0.717, 1.165) is 28.0 Å². The van der Waals surface area contributed by atoms with Gasteiger partial charge < -0.3 is 18.9 Å². The van der Waals surface area contributed by atoms with Gasteiger partial charge in [-0.3, -0.25) is 14.5 Å². The number of ether oxygens (including phenoxy) is 4. The first kappa shape index (κ1) is 29.7. The van der Waals surface area contributed by atoms with E-state index < -0.39 is 17.8 Å². The lowest BCUT2D eigenvalue weighted by molar-refractivity contribution is -0.141. The van der Waals surface area contributed by atoms with Gasteiger partial charge in [0.25, 0.3) is 11.8 Å². The molecular formula is C32H28FNO8. The Bertz CT molecular complexity index is 1490. The van der Waals surface area contributed by atoms with E-state index in [-0.39, 0.29) is 38.2 Å². The Morgan fingerprint density at radius 3 is 2.07 bits per heavy atom. The highest BCUT2D eigenvalue weighted by Crippen LogP contribution is 2.29. The predicted molar refractivity (Wildman–Crippen MR) is 151 cm³/mol. The first-order valence-corrected chi connectivity index (χ1v) is 13.1. The Morgan fingerprint density at radius 1 is 0.810 bits per heavy atom. The largest absolute Gasteiger partial charge is 0.492 e. The zero-order valence-corrected chi connectivity index (χ0v) is 22.8. The summed E-state index contributed by atoms with van der Waals surface area (Å²) in [7, 11) is 0. The van der Waals surface area contributed by atoms with E-state index in [1.807, 2.05) is 37.3 Å². The molecule has 1 heterocycles. The zero-order chi connectivity index (χ0) is 30.1. The number of aryl methyl sites for hydroxylation is 1.